The van der Waals surface area contributed by atoms with Crippen molar-refractivity contribution in [1.29, 1.82) is 0 Å². The Bertz CT molecular complexity index is 205. The van der Waals surface area contributed by atoms with Crippen LogP contribution in [-0.2, 0) is 4.79 Å². The van der Waals surface area contributed by atoms with Crippen LogP contribution in [0.1, 0.15) is 32.1 Å². The second kappa shape index (κ2) is 6.79. The fraction of sp³-hybridized carbons (Fsp3) is 0.909. The highest BCUT2D eigenvalue weighted by molar-refractivity contribution is 9.09. The van der Waals surface area contributed by atoms with E-state index in [1.54, 1.807) is 11.8 Å². The molecule has 1 saturated carbocycles. The number of carbonyl (C=O) groups excluding carboxylic acids is 1. The van der Waals surface area contributed by atoms with Crippen molar-refractivity contribution in [3.63, 3.8) is 0 Å². The molecule has 0 unspecified atom stereocenters. The van der Waals surface area contributed by atoms with Gasteiger partial charge in [0.2, 0.25) is 5.91 Å². The monoisotopic (exact) mass is 293 g/mol. The van der Waals surface area contributed by atoms with Crippen molar-refractivity contribution in [3.05, 3.63) is 0 Å². The molecule has 1 N–H and O–H groups in total. The predicted molar refractivity (Wildman–Crippen MR) is 70.7 cm³/mol. The van der Waals surface area contributed by atoms with E-state index in [2.05, 4.69) is 21.2 Å². The Morgan fingerprint density at radius 2 is 2.13 bits per heavy atom. The van der Waals surface area contributed by atoms with E-state index in [0.717, 1.165) is 17.6 Å². The summed E-state index contributed by atoms with van der Waals surface area (Å²) in [5.74, 6) is 1.13. The smallest absolute Gasteiger partial charge is 0.220 e. The van der Waals surface area contributed by atoms with Gasteiger partial charge >= 0.3 is 0 Å². The molecule has 2 nitrogen and oxygen atoms in total. The molecule has 0 bridgehead atoms. The van der Waals surface area contributed by atoms with Gasteiger partial charge in [-0.05, 0) is 24.5 Å². The zero-order chi connectivity index (χ0) is 11.1. The van der Waals surface area contributed by atoms with Gasteiger partial charge in [-0.3, -0.25) is 4.79 Å². The first kappa shape index (κ1) is 13.4. The number of carbonyl (C=O) groups is 1. The van der Waals surface area contributed by atoms with Crippen molar-refractivity contribution < 1.29 is 4.79 Å². The standard InChI is InChI=1S/C11H20BrNOS/c1-15-7-4-10(14)13-9-11(8-12)5-2-3-6-11/h2-9H2,1H3,(H,13,14). The lowest BCUT2D eigenvalue weighted by Gasteiger charge is -2.26. The number of amides is 1. The highest BCUT2D eigenvalue weighted by Crippen LogP contribution is 2.38. The minimum absolute atomic E-state index is 0.205. The third kappa shape index (κ3) is 4.35. The van der Waals surface area contributed by atoms with Crippen LogP contribution in [0.25, 0.3) is 0 Å². The summed E-state index contributed by atoms with van der Waals surface area (Å²) in [4.78, 5) is 11.5. The van der Waals surface area contributed by atoms with Crippen molar-refractivity contribution in [2.75, 3.05) is 23.9 Å². The molecule has 0 aromatic heterocycles. The Balaban J connectivity index is 2.25. The van der Waals surface area contributed by atoms with Crippen molar-refractivity contribution in [2.24, 2.45) is 5.41 Å². The highest BCUT2D eigenvalue weighted by atomic mass is 79.9. The van der Waals surface area contributed by atoms with Gasteiger partial charge in [-0.15, -0.1) is 0 Å². The van der Waals surface area contributed by atoms with Gasteiger partial charge in [0, 0.05) is 24.0 Å². The van der Waals surface area contributed by atoms with Gasteiger partial charge in [0.25, 0.3) is 0 Å². The van der Waals surface area contributed by atoms with Crippen molar-refractivity contribution >= 4 is 33.6 Å². The van der Waals surface area contributed by atoms with E-state index in [4.69, 9.17) is 0 Å². The molecule has 1 amide bonds. The average molecular weight is 294 g/mol. The summed E-state index contributed by atoms with van der Waals surface area (Å²) >= 11 is 5.30. The van der Waals surface area contributed by atoms with Gasteiger partial charge in [0.1, 0.15) is 0 Å². The van der Waals surface area contributed by atoms with Crippen molar-refractivity contribution in [3.8, 4) is 0 Å². The fourth-order valence-corrected chi connectivity index (χ4v) is 3.20. The lowest BCUT2D eigenvalue weighted by atomic mass is 9.89. The van der Waals surface area contributed by atoms with E-state index in [0.29, 0.717) is 11.8 Å². The molecule has 0 aromatic rings. The summed E-state index contributed by atoms with van der Waals surface area (Å²) in [7, 11) is 0. The molecule has 1 aliphatic rings. The maximum absolute atomic E-state index is 11.5. The van der Waals surface area contributed by atoms with E-state index in [9.17, 15) is 4.79 Å². The Kier molecular flexibility index (Phi) is 6.05. The van der Waals surface area contributed by atoms with Crippen LogP contribution in [0.5, 0.6) is 0 Å². The minimum Gasteiger partial charge on any atom is -0.355 e. The van der Waals surface area contributed by atoms with E-state index in [-0.39, 0.29) is 5.91 Å². The Hall–Kier alpha value is 0.300. The number of nitrogens with one attached hydrogen (secondary N) is 1. The van der Waals surface area contributed by atoms with Crippen LogP contribution in [0.2, 0.25) is 0 Å². The van der Waals surface area contributed by atoms with Crippen LogP contribution in [0.15, 0.2) is 0 Å². The second-order valence-electron chi connectivity index (χ2n) is 4.36. The van der Waals surface area contributed by atoms with Crippen LogP contribution < -0.4 is 5.32 Å². The van der Waals surface area contributed by atoms with E-state index < -0.39 is 0 Å². The van der Waals surface area contributed by atoms with Crippen molar-refractivity contribution in [1.82, 2.24) is 5.32 Å². The second-order valence-corrected chi connectivity index (χ2v) is 5.91. The number of alkyl halides is 1. The molecule has 0 saturated heterocycles. The third-order valence-corrected chi connectivity index (χ3v) is 4.94. The van der Waals surface area contributed by atoms with Crippen molar-refractivity contribution in [2.45, 2.75) is 32.1 Å². The largest absolute Gasteiger partial charge is 0.355 e. The molecular weight excluding hydrogens is 274 g/mol. The Labute approximate surface area is 105 Å². The van der Waals surface area contributed by atoms with Gasteiger partial charge in [0.15, 0.2) is 0 Å². The topological polar surface area (TPSA) is 29.1 Å². The first-order valence-electron chi connectivity index (χ1n) is 5.54. The zero-order valence-electron chi connectivity index (χ0n) is 9.35. The molecule has 88 valence electrons. The fourth-order valence-electron chi connectivity index (χ4n) is 2.05. The Morgan fingerprint density at radius 1 is 1.47 bits per heavy atom. The summed E-state index contributed by atoms with van der Waals surface area (Å²) in [6, 6.07) is 0. The molecule has 0 spiro atoms. The lowest BCUT2D eigenvalue weighted by molar-refractivity contribution is -0.121. The van der Waals surface area contributed by atoms with Gasteiger partial charge in [-0.25, -0.2) is 0 Å². The first-order chi connectivity index (χ1) is 7.22. The summed E-state index contributed by atoms with van der Waals surface area (Å²) < 4.78 is 0. The number of hydrogen-bond acceptors (Lipinski definition) is 2. The highest BCUT2D eigenvalue weighted by Gasteiger charge is 2.32. The van der Waals surface area contributed by atoms with Gasteiger partial charge in [-0.1, -0.05) is 28.8 Å². The molecule has 1 rings (SSSR count). The van der Waals surface area contributed by atoms with Gasteiger partial charge in [0.05, 0.1) is 0 Å². The molecule has 1 fully saturated rings. The Morgan fingerprint density at radius 3 is 2.67 bits per heavy atom. The van der Waals surface area contributed by atoms with Crippen LogP contribution >= 0.6 is 27.7 Å². The van der Waals surface area contributed by atoms with Gasteiger partial charge in [-0.2, -0.15) is 11.8 Å². The van der Waals surface area contributed by atoms with Crippen LogP contribution in [0, 0.1) is 5.41 Å². The minimum atomic E-state index is 0.205. The van der Waals surface area contributed by atoms with Gasteiger partial charge < -0.3 is 5.32 Å². The molecule has 0 radical (unpaired) electrons. The molecule has 0 atom stereocenters. The maximum atomic E-state index is 11.5. The van der Waals surface area contributed by atoms with E-state index in [1.807, 2.05) is 6.26 Å². The summed E-state index contributed by atoms with van der Waals surface area (Å²) in [5.41, 5.74) is 0.342. The SMILES string of the molecule is CSCCC(=O)NCC1(CBr)CCCC1. The summed E-state index contributed by atoms with van der Waals surface area (Å²) in [5, 5.41) is 4.09. The lowest BCUT2D eigenvalue weighted by Crippen LogP contribution is -2.37. The summed E-state index contributed by atoms with van der Waals surface area (Å²) in [6.45, 7) is 0.853. The van der Waals surface area contributed by atoms with Crippen LogP contribution in [-0.4, -0.2) is 29.8 Å². The molecule has 0 heterocycles. The normalized spacial score (nSPS) is 19.1. The third-order valence-electron chi connectivity index (χ3n) is 3.14. The molecule has 0 aromatic carbocycles. The maximum Gasteiger partial charge on any atom is 0.220 e. The molecule has 15 heavy (non-hydrogen) atoms. The molecule has 1 aliphatic carbocycles. The van der Waals surface area contributed by atoms with E-state index in [1.165, 1.54) is 25.7 Å². The number of thioether (sulfide) groups is 1. The molecular formula is C11H20BrNOS. The molecule has 0 aliphatic heterocycles. The summed E-state index contributed by atoms with van der Waals surface area (Å²) in [6.07, 6.45) is 7.81. The zero-order valence-corrected chi connectivity index (χ0v) is 11.8. The first-order valence-corrected chi connectivity index (χ1v) is 8.05. The van der Waals surface area contributed by atoms with E-state index >= 15 is 0 Å². The molecule has 4 heteroatoms. The van der Waals surface area contributed by atoms with Crippen LogP contribution in [0.4, 0.5) is 0 Å². The number of hydrogen-bond donors (Lipinski definition) is 1. The predicted octanol–water partition coefficient (Wildman–Crippen LogP) is 2.81. The number of halogens is 1. The number of rotatable bonds is 6. The average Bonchev–Trinajstić information content (AvgIpc) is 2.73. The van der Waals surface area contributed by atoms with Crippen LogP contribution in [0.3, 0.4) is 0 Å². The quantitative estimate of drug-likeness (QED) is 0.763.